The summed E-state index contributed by atoms with van der Waals surface area (Å²) in [4.78, 5) is 11.0. The van der Waals surface area contributed by atoms with Gasteiger partial charge >= 0.3 is 6.18 Å². The van der Waals surface area contributed by atoms with Crippen molar-refractivity contribution in [1.82, 2.24) is 0 Å². The van der Waals surface area contributed by atoms with Crippen LogP contribution in [0.5, 0.6) is 0 Å². The SMILES string of the molecule is [2H]c1c([2H])c([2H])c(-c2cccc(/C=C/c3cc(C=O)ccc3C(F)(F)F)c2C)c([2H])c1[2H]. The first-order valence-corrected chi connectivity index (χ1v) is 7.98. The molecule has 0 N–H and O–H groups in total. The van der Waals surface area contributed by atoms with Gasteiger partial charge in [-0.15, -0.1) is 0 Å². The van der Waals surface area contributed by atoms with E-state index in [0.29, 0.717) is 23.0 Å². The van der Waals surface area contributed by atoms with Crippen molar-refractivity contribution in [2.24, 2.45) is 0 Å². The van der Waals surface area contributed by atoms with E-state index < -0.39 is 29.9 Å². The van der Waals surface area contributed by atoms with Crippen molar-refractivity contribution in [3.8, 4) is 11.1 Å². The molecule has 0 heterocycles. The number of halogens is 3. The monoisotopic (exact) mass is 371 g/mol. The summed E-state index contributed by atoms with van der Waals surface area (Å²) in [7, 11) is 0. The maximum absolute atomic E-state index is 13.4. The van der Waals surface area contributed by atoms with Crippen LogP contribution in [0, 0.1) is 6.92 Å². The highest BCUT2D eigenvalue weighted by molar-refractivity contribution is 5.81. The van der Waals surface area contributed by atoms with Crippen molar-refractivity contribution in [2.75, 3.05) is 0 Å². The van der Waals surface area contributed by atoms with Crippen molar-refractivity contribution in [2.45, 2.75) is 13.1 Å². The Labute approximate surface area is 162 Å². The maximum atomic E-state index is 13.4. The number of carbonyl (C=O) groups is 1. The Hall–Kier alpha value is -3.14. The van der Waals surface area contributed by atoms with E-state index in [9.17, 15) is 18.0 Å². The number of carbonyl (C=O) groups excluding carboxylic acids is 1. The van der Waals surface area contributed by atoms with Gasteiger partial charge in [0.1, 0.15) is 6.29 Å². The third-order valence-corrected chi connectivity index (χ3v) is 4.10. The van der Waals surface area contributed by atoms with E-state index in [1.807, 2.05) is 0 Å². The third-order valence-electron chi connectivity index (χ3n) is 4.10. The van der Waals surface area contributed by atoms with Gasteiger partial charge in [-0.25, -0.2) is 0 Å². The summed E-state index contributed by atoms with van der Waals surface area (Å²) in [6.45, 7) is 1.66. The minimum atomic E-state index is -4.61. The molecule has 0 radical (unpaired) electrons. The molecule has 0 saturated heterocycles. The highest BCUT2D eigenvalue weighted by Crippen LogP contribution is 2.34. The fourth-order valence-electron chi connectivity index (χ4n) is 2.72. The van der Waals surface area contributed by atoms with Crippen LogP contribution >= 0.6 is 0 Å². The minimum Gasteiger partial charge on any atom is -0.298 e. The molecule has 0 atom stereocenters. The van der Waals surface area contributed by atoms with E-state index in [-0.39, 0.29) is 28.8 Å². The summed E-state index contributed by atoms with van der Waals surface area (Å²) < 4.78 is 79.9. The van der Waals surface area contributed by atoms with Crippen LogP contribution in [0.25, 0.3) is 23.3 Å². The van der Waals surface area contributed by atoms with Gasteiger partial charge < -0.3 is 0 Å². The molecule has 27 heavy (non-hydrogen) atoms. The molecule has 0 aromatic heterocycles. The fourth-order valence-corrected chi connectivity index (χ4v) is 2.72. The van der Waals surface area contributed by atoms with Gasteiger partial charge in [0, 0.05) is 5.56 Å². The van der Waals surface area contributed by atoms with Crippen LogP contribution in [0.4, 0.5) is 13.2 Å². The molecule has 0 aliphatic carbocycles. The van der Waals surface area contributed by atoms with Crippen LogP contribution in [0.15, 0.2) is 66.6 Å². The molecule has 0 bridgehead atoms. The Bertz CT molecular complexity index is 1220. The zero-order chi connectivity index (χ0) is 23.8. The summed E-state index contributed by atoms with van der Waals surface area (Å²) in [5.41, 5.74) is 0.446. The molecule has 0 aliphatic rings. The Balaban J connectivity index is 2.15. The quantitative estimate of drug-likeness (QED) is 0.370. The fraction of sp³-hybridized carbons (Fsp3) is 0.0870. The van der Waals surface area contributed by atoms with Gasteiger partial charge in [-0.3, -0.25) is 4.79 Å². The third kappa shape index (κ3) is 4.17. The average Bonchev–Trinajstić information content (AvgIpc) is 2.75. The lowest BCUT2D eigenvalue weighted by molar-refractivity contribution is -0.137. The molecule has 1 nitrogen and oxygen atoms in total. The standard InChI is InChI=1S/C23H17F3O/c1-16-18(8-5-9-21(16)19-6-3-2-4-7-19)11-12-20-14-17(15-27)10-13-22(20)23(24,25)26/h2-15H,1H3/b12-11+/i2D,3D,4D,6D,7D. The number of alkyl halides is 3. The molecule has 0 aliphatic heterocycles. The van der Waals surface area contributed by atoms with Gasteiger partial charge in [0.2, 0.25) is 0 Å². The first-order valence-electron chi connectivity index (χ1n) is 10.5. The van der Waals surface area contributed by atoms with E-state index in [1.54, 1.807) is 25.1 Å². The van der Waals surface area contributed by atoms with Crippen LogP contribution in [0.2, 0.25) is 0 Å². The normalized spacial score (nSPS) is 14.3. The lowest BCUT2D eigenvalue weighted by Crippen LogP contribution is -2.07. The molecule has 3 aromatic rings. The molecule has 0 spiro atoms. The zero-order valence-electron chi connectivity index (χ0n) is 19.2. The van der Waals surface area contributed by atoms with E-state index in [2.05, 4.69) is 0 Å². The highest BCUT2D eigenvalue weighted by Gasteiger charge is 2.32. The summed E-state index contributed by atoms with van der Waals surface area (Å²) in [5, 5.41) is 0. The van der Waals surface area contributed by atoms with Crippen molar-refractivity contribution in [1.29, 1.82) is 0 Å². The van der Waals surface area contributed by atoms with Crippen LogP contribution < -0.4 is 0 Å². The van der Waals surface area contributed by atoms with Gasteiger partial charge in [0.15, 0.2) is 0 Å². The zero-order valence-corrected chi connectivity index (χ0v) is 14.2. The minimum absolute atomic E-state index is 0.0164. The van der Waals surface area contributed by atoms with Crippen molar-refractivity contribution in [3.05, 3.63) is 94.4 Å². The van der Waals surface area contributed by atoms with Gasteiger partial charge in [0.25, 0.3) is 0 Å². The Morgan fingerprint density at radius 3 is 2.33 bits per heavy atom. The van der Waals surface area contributed by atoms with Gasteiger partial charge in [-0.05, 0) is 46.9 Å². The number of hydrogen-bond acceptors (Lipinski definition) is 1. The number of rotatable bonds is 4. The van der Waals surface area contributed by atoms with E-state index in [1.165, 1.54) is 12.2 Å². The van der Waals surface area contributed by atoms with E-state index in [4.69, 9.17) is 6.85 Å². The highest BCUT2D eigenvalue weighted by atomic mass is 19.4. The second-order valence-corrected chi connectivity index (χ2v) is 5.82. The predicted molar refractivity (Wildman–Crippen MR) is 102 cm³/mol. The Morgan fingerprint density at radius 1 is 0.963 bits per heavy atom. The molecule has 0 unspecified atom stereocenters. The molecule has 0 fully saturated rings. The maximum Gasteiger partial charge on any atom is 0.416 e. The Kier molecular flexibility index (Phi) is 3.70. The van der Waals surface area contributed by atoms with Crippen LogP contribution in [0.1, 0.15) is 39.5 Å². The molecule has 0 saturated carbocycles. The van der Waals surface area contributed by atoms with Gasteiger partial charge in [-0.1, -0.05) is 66.6 Å². The second-order valence-electron chi connectivity index (χ2n) is 5.82. The average molecular weight is 371 g/mol. The predicted octanol–water partition coefficient (Wildman–Crippen LogP) is 6.66. The molecule has 136 valence electrons. The lowest BCUT2D eigenvalue weighted by Gasteiger charge is -2.12. The second kappa shape index (κ2) is 7.62. The van der Waals surface area contributed by atoms with Crippen LogP contribution in [-0.2, 0) is 6.18 Å². The van der Waals surface area contributed by atoms with Crippen molar-refractivity contribution < 1.29 is 24.8 Å². The number of aldehydes is 1. The van der Waals surface area contributed by atoms with Crippen molar-refractivity contribution in [3.63, 3.8) is 0 Å². The molecule has 0 amide bonds. The summed E-state index contributed by atoms with van der Waals surface area (Å²) in [6.07, 6.45) is -1.47. The van der Waals surface area contributed by atoms with Crippen molar-refractivity contribution >= 4 is 18.4 Å². The first kappa shape index (κ1) is 13.1. The largest absolute Gasteiger partial charge is 0.416 e. The van der Waals surface area contributed by atoms with Gasteiger partial charge in [0.05, 0.1) is 12.4 Å². The molecule has 4 heteroatoms. The number of hydrogen-bond donors (Lipinski definition) is 0. The smallest absolute Gasteiger partial charge is 0.298 e. The van der Waals surface area contributed by atoms with Crippen LogP contribution in [0.3, 0.4) is 0 Å². The lowest BCUT2D eigenvalue weighted by atomic mass is 9.95. The topological polar surface area (TPSA) is 17.1 Å². The van der Waals surface area contributed by atoms with Crippen LogP contribution in [-0.4, -0.2) is 6.29 Å². The molecule has 3 aromatic carbocycles. The van der Waals surface area contributed by atoms with E-state index >= 15 is 0 Å². The summed E-state index contributed by atoms with van der Waals surface area (Å²) in [6, 6.07) is 5.73. The first-order chi connectivity index (χ1) is 15.0. The summed E-state index contributed by atoms with van der Waals surface area (Å²) in [5.74, 6) is 0. The molecule has 3 rings (SSSR count). The number of benzene rings is 3. The molecular formula is C23H17F3O. The van der Waals surface area contributed by atoms with E-state index in [0.717, 1.165) is 18.2 Å². The Morgan fingerprint density at radius 2 is 1.67 bits per heavy atom. The summed E-state index contributed by atoms with van der Waals surface area (Å²) >= 11 is 0. The van der Waals surface area contributed by atoms with Gasteiger partial charge in [-0.2, -0.15) is 13.2 Å². The molecular weight excluding hydrogens is 349 g/mol.